The van der Waals surface area contributed by atoms with E-state index in [0.717, 1.165) is 6.26 Å². The number of sulfone groups is 1. The van der Waals surface area contributed by atoms with Crippen molar-refractivity contribution >= 4 is 9.84 Å². The lowest BCUT2D eigenvalue weighted by Crippen LogP contribution is -2.50. The molecule has 0 bridgehead atoms. The molecule has 0 aromatic heterocycles. The van der Waals surface area contributed by atoms with Gasteiger partial charge in [0.15, 0.2) is 15.6 Å². The Kier molecular flexibility index (Phi) is 3.69. The van der Waals surface area contributed by atoms with Crippen LogP contribution in [0.4, 0.5) is 0 Å². The molecule has 0 unspecified atom stereocenters. The summed E-state index contributed by atoms with van der Waals surface area (Å²) in [4.78, 5) is 0. The van der Waals surface area contributed by atoms with Crippen molar-refractivity contribution in [3.05, 3.63) is 0 Å². The lowest BCUT2D eigenvalue weighted by atomic mass is 9.86. The Morgan fingerprint density at radius 2 is 2.00 bits per heavy atom. The van der Waals surface area contributed by atoms with Gasteiger partial charge in [-0.2, -0.15) is 0 Å². The van der Waals surface area contributed by atoms with Gasteiger partial charge >= 0.3 is 0 Å². The molecule has 0 aromatic rings. The van der Waals surface area contributed by atoms with Gasteiger partial charge < -0.3 is 14.6 Å². The molecule has 16 heavy (non-hydrogen) atoms. The summed E-state index contributed by atoms with van der Waals surface area (Å²) in [6, 6.07) is 0. The fourth-order valence-corrected chi connectivity index (χ4v) is 2.96. The minimum Gasteiger partial charge on any atom is -0.394 e. The Hall–Kier alpha value is -0.170. The highest BCUT2D eigenvalue weighted by Gasteiger charge is 2.52. The van der Waals surface area contributed by atoms with Gasteiger partial charge in [0.1, 0.15) is 11.9 Å². The van der Waals surface area contributed by atoms with Crippen molar-refractivity contribution in [3.8, 4) is 0 Å². The third-order valence-corrected chi connectivity index (χ3v) is 3.56. The number of hydrogen-bond donors (Lipinski definition) is 1. The van der Waals surface area contributed by atoms with Gasteiger partial charge in [-0.3, -0.25) is 0 Å². The van der Waals surface area contributed by atoms with Gasteiger partial charge in [0, 0.05) is 11.7 Å². The zero-order valence-corrected chi connectivity index (χ0v) is 11.0. The molecule has 0 radical (unpaired) electrons. The minimum absolute atomic E-state index is 0.165. The van der Waals surface area contributed by atoms with Crippen molar-refractivity contribution in [2.45, 2.75) is 32.7 Å². The van der Waals surface area contributed by atoms with Crippen LogP contribution in [0.2, 0.25) is 0 Å². The molecule has 1 aliphatic heterocycles. The molecule has 0 spiro atoms. The molecule has 1 fully saturated rings. The first-order valence-corrected chi connectivity index (χ1v) is 7.26. The van der Waals surface area contributed by atoms with Gasteiger partial charge in [-0.05, 0) is 0 Å². The molecule has 1 N–H and O–H groups in total. The van der Waals surface area contributed by atoms with Gasteiger partial charge in [-0.25, -0.2) is 8.42 Å². The summed E-state index contributed by atoms with van der Waals surface area (Å²) in [6.07, 6.45) is 0.709. The van der Waals surface area contributed by atoms with Crippen LogP contribution in [0.1, 0.15) is 20.8 Å². The fraction of sp³-hybridized carbons (Fsp3) is 1.00. The van der Waals surface area contributed by atoms with Crippen LogP contribution in [0.25, 0.3) is 0 Å². The van der Waals surface area contributed by atoms with E-state index >= 15 is 0 Å². The Morgan fingerprint density at radius 3 is 2.31 bits per heavy atom. The molecule has 0 amide bonds. The van der Waals surface area contributed by atoms with Crippen molar-refractivity contribution in [2.24, 2.45) is 5.41 Å². The van der Waals surface area contributed by atoms with Crippen molar-refractivity contribution in [3.63, 3.8) is 0 Å². The van der Waals surface area contributed by atoms with E-state index in [-0.39, 0.29) is 19.0 Å². The Balaban J connectivity index is 2.97. The lowest BCUT2D eigenvalue weighted by molar-refractivity contribution is -0.216. The summed E-state index contributed by atoms with van der Waals surface area (Å²) in [5, 5.41) is 9.01. The first-order valence-electron chi connectivity index (χ1n) is 5.20. The molecule has 0 aliphatic carbocycles. The zero-order valence-electron chi connectivity index (χ0n) is 10.2. The number of aliphatic hydroxyl groups excluding tert-OH is 1. The second kappa shape index (κ2) is 4.25. The summed E-state index contributed by atoms with van der Waals surface area (Å²) in [5.41, 5.74) is -0.472. The summed E-state index contributed by atoms with van der Waals surface area (Å²) < 4.78 is 33.9. The van der Waals surface area contributed by atoms with Crippen LogP contribution in [0.3, 0.4) is 0 Å². The third-order valence-electron chi connectivity index (χ3n) is 2.66. The Labute approximate surface area is 96.7 Å². The van der Waals surface area contributed by atoms with E-state index in [2.05, 4.69) is 0 Å². The SMILES string of the molecule is CC(C)(C)[C@]1(CS(C)(=O)=O)OC[C@@H](CO)O1. The molecular weight excluding hydrogens is 232 g/mol. The van der Waals surface area contributed by atoms with E-state index < -0.39 is 27.1 Å². The highest BCUT2D eigenvalue weighted by Crippen LogP contribution is 2.40. The quantitative estimate of drug-likeness (QED) is 0.775. The largest absolute Gasteiger partial charge is 0.394 e. The molecule has 0 aromatic carbocycles. The van der Waals surface area contributed by atoms with Crippen LogP contribution in [-0.4, -0.2) is 50.6 Å². The van der Waals surface area contributed by atoms with Gasteiger partial charge in [-0.1, -0.05) is 20.8 Å². The Bertz CT molecular complexity index is 343. The van der Waals surface area contributed by atoms with Gasteiger partial charge in [0.05, 0.1) is 13.2 Å². The van der Waals surface area contributed by atoms with Crippen molar-refractivity contribution in [2.75, 3.05) is 25.2 Å². The smallest absolute Gasteiger partial charge is 0.187 e. The molecule has 1 aliphatic rings. The van der Waals surface area contributed by atoms with Crippen LogP contribution in [0.5, 0.6) is 0 Å². The molecule has 96 valence electrons. The van der Waals surface area contributed by atoms with Crippen LogP contribution in [-0.2, 0) is 19.3 Å². The van der Waals surface area contributed by atoms with Gasteiger partial charge in [0.25, 0.3) is 0 Å². The summed E-state index contributed by atoms with van der Waals surface area (Å²) in [6.45, 7) is 5.64. The number of aliphatic hydroxyl groups is 1. The first kappa shape index (κ1) is 13.9. The maximum Gasteiger partial charge on any atom is 0.187 e. The standard InChI is InChI=1S/C10H20O5S/c1-9(2,3)10(7-16(4,12)13)14-6-8(5-11)15-10/h8,11H,5-7H2,1-4H3/t8-,10-/m1/s1. The molecule has 1 saturated heterocycles. The molecule has 1 rings (SSSR count). The van der Waals surface area contributed by atoms with E-state index in [1.54, 1.807) is 0 Å². The van der Waals surface area contributed by atoms with Crippen molar-refractivity contribution in [1.82, 2.24) is 0 Å². The topological polar surface area (TPSA) is 72.8 Å². The normalized spacial score (nSPS) is 31.9. The average molecular weight is 252 g/mol. The molecule has 1 heterocycles. The fourth-order valence-electron chi connectivity index (χ4n) is 1.69. The number of ether oxygens (including phenoxy) is 2. The predicted octanol–water partition coefficient (Wildman–Crippen LogP) is 0.181. The molecule has 2 atom stereocenters. The third kappa shape index (κ3) is 2.94. The number of hydrogen-bond acceptors (Lipinski definition) is 5. The van der Waals surface area contributed by atoms with E-state index in [4.69, 9.17) is 14.6 Å². The highest BCUT2D eigenvalue weighted by atomic mass is 32.2. The summed E-state index contributed by atoms with van der Waals surface area (Å²) in [7, 11) is -3.21. The van der Waals surface area contributed by atoms with E-state index in [9.17, 15) is 8.42 Å². The summed E-state index contributed by atoms with van der Waals surface area (Å²) >= 11 is 0. The Morgan fingerprint density at radius 1 is 1.44 bits per heavy atom. The number of rotatable bonds is 3. The van der Waals surface area contributed by atoms with Crippen LogP contribution in [0, 0.1) is 5.41 Å². The van der Waals surface area contributed by atoms with E-state index in [1.165, 1.54) is 0 Å². The first-order chi connectivity index (χ1) is 7.10. The van der Waals surface area contributed by atoms with Crippen LogP contribution >= 0.6 is 0 Å². The maximum atomic E-state index is 11.4. The van der Waals surface area contributed by atoms with Gasteiger partial charge in [0.2, 0.25) is 0 Å². The summed E-state index contributed by atoms with van der Waals surface area (Å²) in [5.74, 6) is -1.35. The molecular formula is C10H20O5S. The molecule has 6 heteroatoms. The molecule has 0 saturated carbocycles. The van der Waals surface area contributed by atoms with Crippen LogP contribution < -0.4 is 0 Å². The minimum atomic E-state index is -3.21. The highest BCUT2D eigenvalue weighted by molar-refractivity contribution is 7.90. The van der Waals surface area contributed by atoms with Crippen molar-refractivity contribution in [1.29, 1.82) is 0 Å². The van der Waals surface area contributed by atoms with Crippen molar-refractivity contribution < 1.29 is 23.0 Å². The molecule has 5 nitrogen and oxygen atoms in total. The van der Waals surface area contributed by atoms with Crippen LogP contribution in [0.15, 0.2) is 0 Å². The predicted molar refractivity (Wildman–Crippen MR) is 59.8 cm³/mol. The van der Waals surface area contributed by atoms with E-state index in [1.807, 2.05) is 20.8 Å². The lowest BCUT2D eigenvalue weighted by Gasteiger charge is -2.39. The monoisotopic (exact) mass is 252 g/mol. The average Bonchev–Trinajstić information content (AvgIpc) is 2.45. The zero-order chi connectivity index (χ0) is 12.6. The van der Waals surface area contributed by atoms with Gasteiger partial charge in [-0.15, -0.1) is 0 Å². The second-order valence-corrected chi connectivity index (χ2v) is 7.45. The maximum absolute atomic E-state index is 11.4. The van der Waals surface area contributed by atoms with E-state index in [0.29, 0.717) is 0 Å². The second-order valence-electron chi connectivity index (χ2n) is 5.31.